The standard InChI is InChI=1S/C8H11ClN2O4S2/c1-6-5-8(11-7(2)10-6)16(12,13)3-4-17(9,14)15/h5H,3-4H2,1-2H3. The molecule has 0 radical (unpaired) electrons. The van der Waals surface area contributed by atoms with Crippen molar-refractivity contribution in [2.75, 3.05) is 11.5 Å². The summed E-state index contributed by atoms with van der Waals surface area (Å²) in [7, 11) is -2.62. The molecule has 96 valence electrons. The van der Waals surface area contributed by atoms with E-state index in [1.807, 2.05) is 0 Å². The smallest absolute Gasteiger partial charge is 0.233 e. The molecule has 0 amide bonds. The third-order valence-electron chi connectivity index (χ3n) is 1.86. The molecule has 0 saturated carbocycles. The van der Waals surface area contributed by atoms with Crippen molar-refractivity contribution < 1.29 is 16.8 Å². The number of nitrogens with zero attached hydrogens (tertiary/aromatic N) is 2. The molecular weight excluding hydrogens is 288 g/mol. The number of rotatable bonds is 4. The molecule has 0 aliphatic rings. The molecule has 0 aliphatic carbocycles. The molecule has 6 nitrogen and oxygen atoms in total. The van der Waals surface area contributed by atoms with Crippen molar-refractivity contribution in [1.29, 1.82) is 0 Å². The predicted octanol–water partition coefficient (Wildman–Crippen LogP) is 0.436. The molecule has 1 aromatic heterocycles. The summed E-state index contributed by atoms with van der Waals surface area (Å²) in [5.74, 6) is -0.912. The van der Waals surface area contributed by atoms with Crippen LogP contribution >= 0.6 is 10.7 Å². The molecule has 0 atom stereocenters. The third-order valence-corrected chi connectivity index (χ3v) is 4.86. The van der Waals surface area contributed by atoms with Crippen molar-refractivity contribution in [3.63, 3.8) is 0 Å². The topological polar surface area (TPSA) is 94.1 Å². The summed E-state index contributed by atoms with van der Waals surface area (Å²) in [6.07, 6.45) is 0. The first-order chi connectivity index (χ1) is 7.60. The lowest BCUT2D eigenvalue weighted by atomic mass is 10.4. The minimum atomic E-state index is -3.84. The highest BCUT2D eigenvalue weighted by molar-refractivity contribution is 8.14. The summed E-state index contributed by atoms with van der Waals surface area (Å²) < 4.78 is 45.0. The Hall–Kier alpha value is -0.730. The first-order valence-corrected chi connectivity index (χ1v) is 8.70. The van der Waals surface area contributed by atoms with Gasteiger partial charge in [-0.15, -0.1) is 0 Å². The highest BCUT2D eigenvalue weighted by atomic mass is 35.7. The van der Waals surface area contributed by atoms with E-state index in [1.54, 1.807) is 13.8 Å². The van der Waals surface area contributed by atoms with Gasteiger partial charge in [-0.2, -0.15) is 0 Å². The van der Waals surface area contributed by atoms with Gasteiger partial charge in [-0.25, -0.2) is 26.8 Å². The summed E-state index contributed by atoms with van der Waals surface area (Å²) in [5, 5.41) is -0.178. The SMILES string of the molecule is Cc1cc(S(=O)(=O)CCS(=O)(=O)Cl)nc(C)n1. The second-order valence-corrected chi connectivity index (χ2v) is 8.41. The van der Waals surface area contributed by atoms with Gasteiger partial charge in [0.05, 0.1) is 11.5 Å². The van der Waals surface area contributed by atoms with Gasteiger partial charge in [0.25, 0.3) is 0 Å². The van der Waals surface area contributed by atoms with Crippen LogP contribution in [0.2, 0.25) is 0 Å². The monoisotopic (exact) mass is 298 g/mol. The van der Waals surface area contributed by atoms with Gasteiger partial charge in [-0.05, 0) is 19.9 Å². The highest BCUT2D eigenvalue weighted by Crippen LogP contribution is 2.11. The average Bonchev–Trinajstić information content (AvgIpc) is 2.12. The normalized spacial score (nSPS) is 12.6. The Balaban J connectivity index is 3.05. The zero-order valence-electron chi connectivity index (χ0n) is 9.21. The first kappa shape index (κ1) is 14.3. The Kier molecular flexibility index (Phi) is 4.11. The molecule has 0 aliphatic heterocycles. The second kappa shape index (κ2) is 4.87. The summed E-state index contributed by atoms with van der Waals surface area (Å²) in [6, 6.07) is 1.29. The summed E-state index contributed by atoms with van der Waals surface area (Å²) >= 11 is 0. The third kappa shape index (κ3) is 4.57. The molecule has 0 N–H and O–H groups in total. The Morgan fingerprint density at radius 3 is 2.18 bits per heavy atom. The van der Waals surface area contributed by atoms with Gasteiger partial charge in [0.2, 0.25) is 9.05 Å². The zero-order chi connectivity index (χ0) is 13.3. The van der Waals surface area contributed by atoms with E-state index in [0.29, 0.717) is 11.5 Å². The molecule has 1 rings (SSSR count). The maximum Gasteiger partial charge on any atom is 0.233 e. The molecule has 0 aromatic carbocycles. The molecule has 1 heterocycles. The van der Waals surface area contributed by atoms with Gasteiger partial charge in [-0.1, -0.05) is 0 Å². The van der Waals surface area contributed by atoms with Crippen LogP contribution in [0.1, 0.15) is 11.5 Å². The van der Waals surface area contributed by atoms with E-state index in [-0.39, 0.29) is 5.03 Å². The number of aromatic nitrogens is 2. The zero-order valence-corrected chi connectivity index (χ0v) is 11.6. The van der Waals surface area contributed by atoms with Gasteiger partial charge >= 0.3 is 0 Å². The summed E-state index contributed by atoms with van der Waals surface area (Å²) in [5.41, 5.74) is 0.504. The molecule has 0 saturated heterocycles. The van der Waals surface area contributed by atoms with E-state index in [9.17, 15) is 16.8 Å². The van der Waals surface area contributed by atoms with Crippen molar-refractivity contribution >= 4 is 29.6 Å². The average molecular weight is 299 g/mol. The fourth-order valence-corrected chi connectivity index (χ4v) is 4.23. The maximum atomic E-state index is 11.8. The van der Waals surface area contributed by atoms with Crippen LogP contribution in [-0.4, -0.2) is 38.3 Å². The van der Waals surface area contributed by atoms with Crippen LogP contribution in [0, 0.1) is 13.8 Å². The molecule has 0 unspecified atom stereocenters. The van der Waals surface area contributed by atoms with E-state index < -0.39 is 30.4 Å². The Morgan fingerprint density at radius 2 is 1.71 bits per heavy atom. The van der Waals surface area contributed by atoms with Crippen LogP contribution in [0.25, 0.3) is 0 Å². The molecule has 0 fully saturated rings. The van der Waals surface area contributed by atoms with Crippen molar-refractivity contribution in [2.45, 2.75) is 18.9 Å². The Morgan fingerprint density at radius 1 is 1.12 bits per heavy atom. The van der Waals surface area contributed by atoms with E-state index >= 15 is 0 Å². The lowest BCUT2D eigenvalue weighted by Crippen LogP contribution is -2.16. The maximum absolute atomic E-state index is 11.8. The van der Waals surface area contributed by atoms with Crippen LogP contribution in [0.3, 0.4) is 0 Å². The fraction of sp³-hybridized carbons (Fsp3) is 0.500. The van der Waals surface area contributed by atoms with Crippen LogP contribution in [0.5, 0.6) is 0 Å². The van der Waals surface area contributed by atoms with E-state index in [2.05, 4.69) is 9.97 Å². The van der Waals surface area contributed by atoms with Crippen molar-refractivity contribution in [3.05, 3.63) is 17.6 Å². The second-order valence-electron chi connectivity index (χ2n) is 3.46. The van der Waals surface area contributed by atoms with Gasteiger partial charge in [0.1, 0.15) is 5.82 Å². The van der Waals surface area contributed by atoms with Crippen LogP contribution in [-0.2, 0) is 18.9 Å². The summed E-state index contributed by atoms with van der Waals surface area (Å²) in [6.45, 7) is 3.19. The molecule has 0 bridgehead atoms. The number of halogens is 1. The van der Waals surface area contributed by atoms with Gasteiger partial charge in [-0.3, -0.25) is 0 Å². The highest BCUT2D eigenvalue weighted by Gasteiger charge is 2.20. The van der Waals surface area contributed by atoms with Crippen LogP contribution in [0.15, 0.2) is 11.1 Å². The molecule has 1 aromatic rings. The van der Waals surface area contributed by atoms with Crippen molar-refractivity contribution in [2.24, 2.45) is 0 Å². The minimum Gasteiger partial charge on any atom is -0.238 e. The van der Waals surface area contributed by atoms with Crippen molar-refractivity contribution in [1.82, 2.24) is 9.97 Å². The van der Waals surface area contributed by atoms with Crippen LogP contribution < -0.4 is 0 Å². The molecular formula is C8H11ClN2O4S2. The van der Waals surface area contributed by atoms with Gasteiger partial charge in [0, 0.05) is 16.4 Å². The molecule has 0 spiro atoms. The number of sulfone groups is 1. The first-order valence-electron chi connectivity index (χ1n) is 4.57. The van der Waals surface area contributed by atoms with E-state index in [0.717, 1.165) is 0 Å². The summed E-state index contributed by atoms with van der Waals surface area (Å²) in [4.78, 5) is 7.71. The minimum absolute atomic E-state index is 0.178. The van der Waals surface area contributed by atoms with E-state index in [4.69, 9.17) is 10.7 Å². The number of hydrogen-bond acceptors (Lipinski definition) is 6. The number of hydrogen-bond donors (Lipinski definition) is 0. The fourth-order valence-electron chi connectivity index (χ4n) is 1.16. The Labute approximate surface area is 104 Å². The van der Waals surface area contributed by atoms with Crippen LogP contribution in [0.4, 0.5) is 0 Å². The number of aryl methyl sites for hydroxylation is 2. The largest absolute Gasteiger partial charge is 0.238 e. The predicted molar refractivity (Wildman–Crippen MR) is 63.2 cm³/mol. The van der Waals surface area contributed by atoms with Gasteiger partial charge < -0.3 is 0 Å². The van der Waals surface area contributed by atoms with Gasteiger partial charge in [0.15, 0.2) is 14.9 Å². The molecule has 9 heteroatoms. The quantitative estimate of drug-likeness (QED) is 0.591. The lowest BCUT2D eigenvalue weighted by molar-refractivity contribution is 0.588. The van der Waals surface area contributed by atoms with E-state index in [1.165, 1.54) is 6.07 Å². The van der Waals surface area contributed by atoms with Crippen molar-refractivity contribution in [3.8, 4) is 0 Å². The Bertz CT molecular complexity index is 605. The molecule has 17 heavy (non-hydrogen) atoms. The lowest BCUT2D eigenvalue weighted by Gasteiger charge is -2.04.